The fourth-order valence-electron chi connectivity index (χ4n) is 3.70. The van der Waals surface area contributed by atoms with Crippen LogP contribution in [-0.2, 0) is 14.9 Å². The van der Waals surface area contributed by atoms with Gasteiger partial charge in [-0.2, -0.15) is 0 Å². The molecule has 150 valence electrons. The number of hydrogen-bond acceptors (Lipinski definition) is 5. The third-order valence-electron chi connectivity index (χ3n) is 5.44. The summed E-state index contributed by atoms with van der Waals surface area (Å²) in [5.41, 5.74) is 2.04. The van der Waals surface area contributed by atoms with Crippen molar-refractivity contribution in [2.75, 3.05) is 26.9 Å². The Bertz CT molecular complexity index is 971. The van der Waals surface area contributed by atoms with Crippen LogP contribution in [0.25, 0.3) is 16.3 Å². The first-order valence-electron chi connectivity index (χ1n) is 9.72. The van der Waals surface area contributed by atoms with Crippen molar-refractivity contribution in [3.8, 4) is 5.75 Å². The van der Waals surface area contributed by atoms with E-state index in [1.54, 1.807) is 30.6 Å². The van der Waals surface area contributed by atoms with Gasteiger partial charge in [0.15, 0.2) is 0 Å². The van der Waals surface area contributed by atoms with Crippen molar-refractivity contribution < 1.29 is 14.3 Å². The van der Waals surface area contributed by atoms with Crippen molar-refractivity contribution in [2.24, 2.45) is 0 Å². The molecule has 2 aromatic carbocycles. The lowest BCUT2D eigenvalue weighted by Crippen LogP contribution is -2.44. The summed E-state index contributed by atoms with van der Waals surface area (Å²) >= 11 is 1.58. The predicted octanol–water partition coefficient (Wildman–Crippen LogP) is 4.18. The highest BCUT2D eigenvalue weighted by atomic mass is 32.1. The molecule has 0 aliphatic carbocycles. The molecule has 1 saturated heterocycles. The van der Waals surface area contributed by atoms with Gasteiger partial charge >= 0.3 is 0 Å². The zero-order chi connectivity index (χ0) is 20.1. The van der Waals surface area contributed by atoms with Gasteiger partial charge in [-0.3, -0.25) is 4.79 Å². The Hall–Kier alpha value is -2.70. The highest BCUT2D eigenvalue weighted by molar-refractivity contribution is 7.19. The molecule has 0 unspecified atom stereocenters. The molecule has 0 bridgehead atoms. The third kappa shape index (κ3) is 4.49. The van der Waals surface area contributed by atoms with Crippen molar-refractivity contribution in [3.63, 3.8) is 0 Å². The van der Waals surface area contributed by atoms with E-state index in [1.165, 1.54) is 5.56 Å². The van der Waals surface area contributed by atoms with Crippen molar-refractivity contribution in [2.45, 2.75) is 18.3 Å². The number of hydrogen-bond donors (Lipinski definition) is 1. The van der Waals surface area contributed by atoms with Gasteiger partial charge in [0.05, 0.1) is 17.3 Å². The number of carbonyl (C=O) groups is 1. The Morgan fingerprint density at radius 2 is 1.97 bits per heavy atom. The summed E-state index contributed by atoms with van der Waals surface area (Å²) in [6, 6.07) is 16.1. The molecule has 6 heteroatoms. The number of nitrogens with one attached hydrogen (secondary N) is 1. The normalized spacial score (nSPS) is 16.2. The number of nitrogens with zero attached hydrogens (tertiary/aromatic N) is 1. The Morgan fingerprint density at radius 3 is 2.69 bits per heavy atom. The molecule has 1 amide bonds. The molecule has 0 radical (unpaired) electrons. The number of carbonyl (C=O) groups excluding carboxylic acids is 1. The summed E-state index contributed by atoms with van der Waals surface area (Å²) in [5, 5.41) is 3.92. The number of fused-ring (bicyclic) bond motifs is 1. The third-order valence-corrected chi connectivity index (χ3v) is 6.44. The average molecular weight is 409 g/mol. The summed E-state index contributed by atoms with van der Waals surface area (Å²) in [7, 11) is 1.66. The van der Waals surface area contributed by atoms with E-state index in [0.29, 0.717) is 19.8 Å². The second-order valence-electron chi connectivity index (χ2n) is 7.19. The summed E-state index contributed by atoms with van der Waals surface area (Å²) in [5.74, 6) is 0.724. The van der Waals surface area contributed by atoms with E-state index in [2.05, 4.69) is 22.4 Å². The first kappa shape index (κ1) is 19.6. The van der Waals surface area contributed by atoms with Crippen LogP contribution in [0.2, 0.25) is 0 Å². The van der Waals surface area contributed by atoms with Gasteiger partial charge in [-0.25, -0.2) is 4.98 Å². The molecule has 29 heavy (non-hydrogen) atoms. The zero-order valence-electron chi connectivity index (χ0n) is 16.4. The lowest BCUT2D eigenvalue weighted by molar-refractivity contribution is -0.116. The number of aromatic nitrogens is 1. The maximum absolute atomic E-state index is 12.5. The van der Waals surface area contributed by atoms with Gasteiger partial charge in [0, 0.05) is 31.2 Å². The molecule has 0 saturated carbocycles. The van der Waals surface area contributed by atoms with Gasteiger partial charge in [0.25, 0.3) is 0 Å². The molecule has 0 spiro atoms. The molecule has 2 heterocycles. The molecule has 1 aliphatic rings. The fourth-order valence-corrected chi connectivity index (χ4v) is 4.57. The van der Waals surface area contributed by atoms with Crippen LogP contribution in [0.1, 0.15) is 23.4 Å². The smallest absolute Gasteiger partial charge is 0.244 e. The Morgan fingerprint density at radius 1 is 1.21 bits per heavy atom. The summed E-state index contributed by atoms with van der Waals surface area (Å²) in [6.07, 6.45) is 5.10. The second-order valence-corrected chi connectivity index (χ2v) is 8.25. The highest BCUT2D eigenvalue weighted by Crippen LogP contribution is 2.35. The average Bonchev–Trinajstić information content (AvgIpc) is 3.20. The zero-order valence-corrected chi connectivity index (χ0v) is 17.2. The van der Waals surface area contributed by atoms with Crippen molar-refractivity contribution in [3.05, 3.63) is 65.2 Å². The van der Waals surface area contributed by atoms with Crippen LogP contribution >= 0.6 is 11.3 Å². The number of methoxy groups -OCH3 is 1. The molecule has 4 rings (SSSR count). The van der Waals surface area contributed by atoms with Crippen molar-refractivity contribution >= 4 is 33.5 Å². The molecule has 1 fully saturated rings. The number of thiazole rings is 1. The van der Waals surface area contributed by atoms with Crippen LogP contribution in [0.4, 0.5) is 0 Å². The molecule has 1 aromatic heterocycles. The predicted molar refractivity (Wildman–Crippen MR) is 116 cm³/mol. The van der Waals surface area contributed by atoms with Crippen molar-refractivity contribution in [1.29, 1.82) is 0 Å². The first-order valence-corrected chi connectivity index (χ1v) is 10.5. The highest BCUT2D eigenvalue weighted by Gasteiger charge is 2.34. The van der Waals surface area contributed by atoms with Gasteiger partial charge in [0.2, 0.25) is 5.91 Å². The quantitative estimate of drug-likeness (QED) is 0.622. The minimum Gasteiger partial charge on any atom is -0.497 e. The van der Waals surface area contributed by atoms with Gasteiger partial charge in [-0.1, -0.05) is 24.3 Å². The molecule has 1 N–H and O–H groups in total. The van der Waals surface area contributed by atoms with Gasteiger partial charge in [0.1, 0.15) is 10.8 Å². The van der Waals surface area contributed by atoms with Crippen LogP contribution in [0.3, 0.4) is 0 Å². The Balaban J connectivity index is 1.44. The van der Waals surface area contributed by atoms with E-state index < -0.39 is 0 Å². The number of para-hydroxylation sites is 1. The monoisotopic (exact) mass is 408 g/mol. The Labute approximate surface area is 174 Å². The lowest BCUT2D eigenvalue weighted by atomic mass is 9.74. The number of ether oxygens (including phenoxy) is 2. The van der Waals surface area contributed by atoms with E-state index >= 15 is 0 Å². The van der Waals surface area contributed by atoms with E-state index in [9.17, 15) is 4.79 Å². The molecule has 0 atom stereocenters. The first-order chi connectivity index (χ1) is 14.2. The maximum atomic E-state index is 12.5. The molecule has 1 aliphatic heterocycles. The van der Waals surface area contributed by atoms with E-state index in [0.717, 1.165) is 33.8 Å². The van der Waals surface area contributed by atoms with E-state index in [4.69, 9.17) is 9.47 Å². The summed E-state index contributed by atoms with van der Waals surface area (Å²) in [6.45, 7) is 1.97. The van der Waals surface area contributed by atoms with E-state index in [1.807, 2.05) is 36.4 Å². The van der Waals surface area contributed by atoms with Gasteiger partial charge < -0.3 is 14.8 Å². The van der Waals surface area contributed by atoms with Crippen LogP contribution < -0.4 is 10.1 Å². The lowest BCUT2D eigenvalue weighted by Gasteiger charge is -2.38. The second kappa shape index (κ2) is 8.76. The number of benzene rings is 2. The fraction of sp³-hybridized carbons (Fsp3) is 0.304. The number of amides is 1. The van der Waals surface area contributed by atoms with Crippen LogP contribution in [0.15, 0.2) is 54.6 Å². The molecular formula is C23H24N2O3S. The SMILES string of the molecule is COc1ccc(C2(CNC(=O)/C=C/c3nc4ccccc4s3)CCOCC2)cc1. The Kier molecular flexibility index (Phi) is 5.92. The largest absolute Gasteiger partial charge is 0.497 e. The molecule has 5 nitrogen and oxygen atoms in total. The van der Waals surface area contributed by atoms with Crippen LogP contribution in [0, 0.1) is 0 Å². The number of rotatable bonds is 6. The van der Waals surface area contributed by atoms with E-state index in [-0.39, 0.29) is 11.3 Å². The molecule has 3 aromatic rings. The van der Waals surface area contributed by atoms with Gasteiger partial charge in [-0.05, 0) is 48.7 Å². The summed E-state index contributed by atoms with van der Waals surface area (Å²) < 4.78 is 12.0. The minimum atomic E-state index is -0.121. The van der Waals surface area contributed by atoms with Gasteiger partial charge in [-0.15, -0.1) is 11.3 Å². The topological polar surface area (TPSA) is 60.5 Å². The molecular weight excluding hydrogens is 384 g/mol. The summed E-state index contributed by atoms with van der Waals surface area (Å²) in [4.78, 5) is 17.0. The van der Waals surface area contributed by atoms with Crippen LogP contribution in [-0.4, -0.2) is 37.8 Å². The van der Waals surface area contributed by atoms with Crippen molar-refractivity contribution in [1.82, 2.24) is 10.3 Å². The minimum absolute atomic E-state index is 0.108. The maximum Gasteiger partial charge on any atom is 0.244 e. The van der Waals surface area contributed by atoms with Crippen LogP contribution in [0.5, 0.6) is 5.75 Å². The standard InChI is InChI=1S/C23H24N2O3S/c1-27-18-8-6-17(7-9-18)23(12-14-28-15-13-23)16-24-21(26)10-11-22-25-19-4-2-3-5-20(19)29-22/h2-11H,12-16H2,1H3,(H,24,26)/b11-10+.